The van der Waals surface area contributed by atoms with Crippen LogP contribution in [-0.4, -0.2) is 33.7 Å². The Bertz CT molecular complexity index is 509. The monoisotopic (exact) mass is 285 g/mol. The summed E-state index contributed by atoms with van der Waals surface area (Å²) in [4.78, 5) is 0. The van der Waals surface area contributed by atoms with Crippen molar-refractivity contribution in [2.75, 3.05) is 19.8 Å². The molecule has 2 aliphatic rings. The standard InChI is InChI=1S/C8H10F3N3O3S/c9-8(10,11)18(15,16)17-6-1-2-13-7-5(6)3-12-4-14-7/h1,12-14H,2-4H2. The largest absolute Gasteiger partial charge is 0.534 e. The molecule has 0 bridgehead atoms. The van der Waals surface area contributed by atoms with Gasteiger partial charge in [0.15, 0.2) is 0 Å². The van der Waals surface area contributed by atoms with Gasteiger partial charge in [-0.2, -0.15) is 21.6 Å². The Kier molecular flexibility index (Phi) is 3.15. The van der Waals surface area contributed by atoms with Crippen molar-refractivity contribution in [3.8, 4) is 0 Å². The molecule has 102 valence electrons. The number of halogens is 3. The third-order valence-electron chi connectivity index (χ3n) is 2.34. The number of hydrogen-bond donors (Lipinski definition) is 3. The van der Waals surface area contributed by atoms with E-state index < -0.39 is 15.6 Å². The summed E-state index contributed by atoms with van der Waals surface area (Å²) in [5, 5.41) is 8.54. The van der Waals surface area contributed by atoms with Gasteiger partial charge >= 0.3 is 15.6 Å². The highest BCUT2D eigenvalue weighted by Gasteiger charge is 2.49. The smallest absolute Gasteiger partial charge is 0.376 e. The van der Waals surface area contributed by atoms with Crippen LogP contribution in [0.3, 0.4) is 0 Å². The molecule has 0 spiro atoms. The summed E-state index contributed by atoms with van der Waals surface area (Å²) in [6.07, 6.45) is 1.25. The Morgan fingerprint density at radius 1 is 1.28 bits per heavy atom. The van der Waals surface area contributed by atoms with E-state index in [0.29, 0.717) is 18.1 Å². The molecule has 0 saturated carbocycles. The second-order valence-electron chi connectivity index (χ2n) is 3.57. The van der Waals surface area contributed by atoms with Crippen molar-refractivity contribution in [2.24, 2.45) is 0 Å². The molecule has 0 saturated heterocycles. The van der Waals surface area contributed by atoms with Crippen LogP contribution in [0, 0.1) is 0 Å². The molecule has 6 nitrogen and oxygen atoms in total. The molecule has 0 aromatic heterocycles. The van der Waals surface area contributed by atoms with Gasteiger partial charge in [-0.25, -0.2) is 0 Å². The van der Waals surface area contributed by atoms with Crippen molar-refractivity contribution in [2.45, 2.75) is 5.51 Å². The number of hydrogen-bond acceptors (Lipinski definition) is 6. The van der Waals surface area contributed by atoms with Gasteiger partial charge in [-0.15, -0.1) is 0 Å². The molecule has 0 radical (unpaired) electrons. The average molecular weight is 285 g/mol. The van der Waals surface area contributed by atoms with Crippen molar-refractivity contribution in [1.82, 2.24) is 16.0 Å². The third-order valence-corrected chi connectivity index (χ3v) is 3.31. The summed E-state index contributed by atoms with van der Waals surface area (Å²) in [5.41, 5.74) is -5.12. The quantitative estimate of drug-likeness (QED) is 0.477. The number of rotatable bonds is 2. The lowest BCUT2D eigenvalue weighted by atomic mass is 10.1. The number of dihydropyridines is 1. The SMILES string of the molecule is O=S(=O)(OC1=CCNC2=C1CNCN2)C(F)(F)F. The molecule has 10 heteroatoms. The van der Waals surface area contributed by atoms with Gasteiger partial charge in [0.1, 0.15) is 11.6 Å². The zero-order chi connectivity index (χ0) is 13.4. The van der Waals surface area contributed by atoms with Gasteiger partial charge in [-0.3, -0.25) is 5.32 Å². The highest BCUT2D eigenvalue weighted by atomic mass is 32.2. The van der Waals surface area contributed by atoms with E-state index >= 15 is 0 Å². The van der Waals surface area contributed by atoms with Crippen LogP contribution in [0.25, 0.3) is 0 Å². The maximum atomic E-state index is 12.2. The van der Waals surface area contributed by atoms with Gasteiger partial charge in [-0.1, -0.05) is 0 Å². The lowest BCUT2D eigenvalue weighted by Crippen LogP contribution is -2.44. The molecule has 0 amide bonds. The van der Waals surface area contributed by atoms with Crippen LogP contribution in [0.5, 0.6) is 0 Å². The van der Waals surface area contributed by atoms with E-state index in [1.54, 1.807) is 0 Å². The molecule has 0 atom stereocenters. The Morgan fingerprint density at radius 3 is 2.67 bits per heavy atom. The third kappa shape index (κ3) is 2.38. The zero-order valence-electron chi connectivity index (χ0n) is 8.97. The molecule has 0 fully saturated rings. The first-order valence-electron chi connectivity index (χ1n) is 4.94. The Balaban J connectivity index is 2.25. The van der Waals surface area contributed by atoms with Crippen molar-refractivity contribution in [3.05, 3.63) is 23.2 Å². The molecular formula is C8H10F3N3O3S. The molecule has 3 N–H and O–H groups in total. The molecule has 0 aromatic rings. The van der Waals surface area contributed by atoms with Crippen molar-refractivity contribution in [3.63, 3.8) is 0 Å². The Morgan fingerprint density at radius 2 is 2.00 bits per heavy atom. The van der Waals surface area contributed by atoms with Crippen LogP contribution >= 0.6 is 0 Å². The van der Waals surface area contributed by atoms with Crippen LogP contribution in [0.1, 0.15) is 0 Å². The van der Waals surface area contributed by atoms with Gasteiger partial charge in [-0.05, 0) is 6.08 Å². The number of nitrogens with one attached hydrogen (secondary N) is 3. The minimum absolute atomic E-state index is 0.189. The maximum Gasteiger partial charge on any atom is 0.534 e. The van der Waals surface area contributed by atoms with Crippen molar-refractivity contribution < 1.29 is 25.8 Å². The lowest BCUT2D eigenvalue weighted by molar-refractivity contribution is -0.0521. The highest BCUT2D eigenvalue weighted by molar-refractivity contribution is 7.87. The van der Waals surface area contributed by atoms with E-state index in [-0.39, 0.29) is 18.8 Å². The molecular weight excluding hydrogens is 275 g/mol. The minimum Gasteiger partial charge on any atom is -0.376 e. The summed E-state index contributed by atoms with van der Waals surface area (Å²) in [6.45, 7) is 0.841. The van der Waals surface area contributed by atoms with Crippen LogP contribution < -0.4 is 16.0 Å². The van der Waals surface area contributed by atoms with E-state index in [1.165, 1.54) is 6.08 Å². The molecule has 0 aromatic carbocycles. The van der Waals surface area contributed by atoms with Crippen LogP contribution in [0.15, 0.2) is 23.2 Å². The fourth-order valence-electron chi connectivity index (χ4n) is 1.53. The van der Waals surface area contributed by atoms with Gasteiger partial charge < -0.3 is 14.8 Å². The fourth-order valence-corrected chi connectivity index (χ4v) is 2.03. The predicted octanol–water partition coefficient (Wildman–Crippen LogP) is -0.298. The first kappa shape index (κ1) is 13.0. The predicted molar refractivity (Wildman–Crippen MR) is 55.2 cm³/mol. The summed E-state index contributed by atoms with van der Waals surface area (Å²) < 4.78 is 62.6. The van der Waals surface area contributed by atoms with E-state index in [0.717, 1.165) is 0 Å². The topological polar surface area (TPSA) is 79.5 Å². The second-order valence-corrected chi connectivity index (χ2v) is 5.10. The van der Waals surface area contributed by atoms with Gasteiger partial charge in [0.05, 0.1) is 6.67 Å². The maximum absolute atomic E-state index is 12.2. The minimum atomic E-state index is -5.63. The summed E-state index contributed by atoms with van der Waals surface area (Å²) in [7, 11) is -5.63. The normalized spacial score (nSPS) is 20.5. The Labute approximate surface area is 101 Å². The molecule has 0 aliphatic carbocycles. The van der Waals surface area contributed by atoms with Crippen LogP contribution in [0.2, 0.25) is 0 Å². The highest BCUT2D eigenvalue weighted by Crippen LogP contribution is 2.29. The molecule has 0 unspecified atom stereocenters. The average Bonchev–Trinajstić information content (AvgIpc) is 2.27. The Hall–Kier alpha value is -1.42. The van der Waals surface area contributed by atoms with Crippen LogP contribution in [0.4, 0.5) is 13.2 Å². The van der Waals surface area contributed by atoms with E-state index in [4.69, 9.17) is 0 Å². The van der Waals surface area contributed by atoms with Crippen molar-refractivity contribution in [1.29, 1.82) is 0 Å². The summed E-state index contributed by atoms with van der Waals surface area (Å²) in [5.74, 6) is 0.171. The molecule has 2 aliphatic heterocycles. The summed E-state index contributed by atoms with van der Waals surface area (Å²) >= 11 is 0. The zero-order valence-corrected chi connectivity index (χ0v) is 9.78. The molecule has 2 heterocycles. The van der Waals surface area contributed by atoms with E-state index in [1.807, 2.05) is 0 Å². The summed E-state index contributed by atoms with van der Waals surface area (Å²) in [6, 6.07) is 0. The lowest BCUT2D eigenvalue weighted by Gasteiger charge is -2.28. The van der Waals surface area contributed by atoms with Crippen LogP contribution in [-0.2, 0) is 14.3 Å². The fraction of sp³-hybridized carbons (Fsp3) is 0.500. The van der Waals surface area contributed by atoms with Gasteiger partial charge in [0.25, 0.3) is 0 Å². The second kappa shape index (κ2) is 4.35. The van der Waals surface area contributed by atoms with E-state index in [2.05, 4.69) is 20.1 Å². The molecule has 18 heavy (non-hydrogen) atoms. The molecule has 2 rings (SSSR count). The van der Waals surface area contributed by atoms with Gasteiger partial charge in [0, 0.05) is 18.7 Å². The van der Waals surface area contributed by atoms with Crippen molar-refractivity contribution >= 4 is 10.1 Å². The van der Waals surface area contributed by atoms with Gasteiger partial charge in [0.2, 0.25) is 0 Å². The number of alkyl halides is 3. The first-order valence-corrected chi connectivity index (χ1v) is 6.35. The van der Waals surface area contributed by atoms with E-state index in [9.17, 15) is 21.6 Å². The first-order chi connectivity index (χ1) is 8.31.